The molecule has 1 saturated heterocycles. The number of halogens is 1. The van der Waals surface area contributed by atoms with E-state index in [9.17, 15) is 18.0 Å². The second-order valence-corrected chi connectivity index (χ2v) is 9.85. The van der Waals surface area contributed by atoms with Gasteiger partial charge in [-0.25, -0.2) is 8.42 Å². The molecule has 3 rings (SSSR count). The first kappa shape index (κ1) is 24.8. The van der Waals surface area contributed by atoms with Gasteiger partial charge in [0.15, 0.2) is 11.5 Å². The number of methoxy groups -OCH3 is 2. The Morgan fingerprint density at radius 3 is 2.33 bits per heavy atom. The molecule has 2 aromatic carbocycles. The maximum Gasteiger partial charge on any atom is 0.253 e. The largest absolute Gasteiger partial charge is 0.493 e. The molecule has 0 aromatic heterocycles. The molecule has 0 spiro atoms. The number of anilines is 1. The van der Waals surface area contributed by atoms with E-state index in [4.69, 9.17) is 21.1 Å². The summed E-state index contributed by atoms with van der Waals surface area (Å²) in [4.78, 5) is 25.6. The van der Waals surface area contributed by atoms with Crippen LogP contribution in [0.4, 0.5) is 5.69 Å². The lowest BCUT2D eigenvalue weighted by Gasteiger charge is -2.31. The molecule has 33 heavy (non-hydrogen) atoms. The average Bonchev–Trinajstić information content (AvgIpc) is 2.83. The van der Waals surface area contributed by atoms with Gasteiger partial charge in [0.1, 0.15) is 0 Å². The van der Waals surface area contributed by atoms with Crippen LogP contribution >= 0.6 is 11.6 Å². The lowest BCUT2D eigenvalue weighted by atomic mass is 9.98. The summed E-state index contributed by atoms with van der Waals surface area (Å²) in [6.07, 6.45) is 1.04. The van der Waals surface area contributed by atoms with E-state index >= 15 is 0 Å². The lowest BCUT2D eigenvalue weighted by Crippen LogP contribution is -2.43. The summed E-state index contributed by atoms with van der Waals surface area (Å²) in [5, 5.41) is 5.73. The van der Waals surface area contributed by atoms with E-state index in [2.05, 4.69) is 10.6 Å². The second kappa shape index (κ2) is 10.4. The fourth-order valence-corrected chi connectivity index (χ4v) is 5.32. The number of benzene rings is 2. The molecule has 0 bridgehead atoms. The Hall–Kier alpha value is -2.82. The molecule has 2 amide bonds. The molecular formula is C22H26ClN3O6S. The Bertz CT molecular complexity index is 1140. The van der Waals surface area contributed by atoms with E-state index in [1.807, 2.05) is 0 Å². The highest BCUT2D eigenvalue weighted by Crippen LogP contribution is 2.34. The molecule has 2 aromatic rings. The minimum atomic E-state index is -3.77. The number of piperidine rings is 1. The number of carbonyl (C=O) groups excluding carboxylic acids is 2. The Morgan fingerprint density at radius 1 is 1.09 bits per heavy atom. The van der Waals surface area contributed by atoms with Crippen molar-refractivity contribution in [2.75, 3.05) is 39.7 Å². The molecule has 0 unspecified atom stereocenters. The van der Waals surface area contributed by atoms with E-state index in [0.29, 0.717) is 35.9 Å². The van der Waals surface area contributed by atoms with Gasteiger partial charge in [-0.1, -0.05) is 11.6 Å². The van der Waals surface area contributed by atoms with Gasteiger partial charge in [-0.3, -0.25) is 9.59 Å². The molecule has 2 N–H and O–H groups in total. The van der Waals surface area contributed by atoms with Gasteiger partial charge in [-0.05, 0) is 43.2 Å². The van der Waals surface area contributed by atoms with Crippen molar-refractivity contribution in [1.29, 1.82) is 0 Å². The van der Waals surface area contributed by atoms with E-state index in [1.165, 1.54) is 62.0 Å². The number of ether oxygens (including phenoxy) is 2. The zero-order chi connectivity index (χ0) is 24.2. The summed E-state index contributed by atoms with van der Waals surface area (Å²) < 4.78 is 37.9. The Morgan fingerprint density at radius 2 is 1.73 bits per heavy atom. The van der Waals surface area contributed by atoms with E-state index in [1.54, 1.807) is 0 Å². The highest BCUT2D eigenvalue weighted by atomic mass is 35.5. The van der Waals surface area contributed by atoms with Crippen molar-refractivity contribution in [3.05, 3.63) is 47.0 Å². The molecule has 1 aliphatic rings. The zero-order valence-electron chi connectivity index (χ0n) is 18.6. The smallest absolute Gasteiger partial charge is 0.253 e. The third-order valence-electron chi connectivity index (χ3n) is 5.46. The molecule has 0 radical (unpaired) electrons. The van der Waals surface area contributed by atoms with Crippen LogP contribution in [-0.2, 0) is 14.8 Å². The lowest BCUT2D eigenvalue weighted by molar-refractivity contribution is -0.120. The van der Waals surface area contributed by atoms with Gasteiger partial charge in [0.2, 0.25) is 15.9 Å². The van der Waals surface area contributed by atoms with Crippen LogP contribution in [0.3, 0.4) is 0 Å². The molecular weight excluding hydrogens is 470 g/mol. The van der Waals surface area contributed by atoms with E-state index in [0.717, 1.165) is 0 Å². The maximum atomic E-state index is 13.1. The summed E-state index contributed by atoms with van der Waals surface area (Å²) in [6.45, 7) is 0.341. The second-order valence-electron chi connectivity index (χ2n) is 7.48. The van der Waals surface area contributed by atoms with Gasteiger partial charge in [0, 0.05) is 31.2 Å². The molecule has 1 heterocycles. The van der Waals surface area contributed by atoms with Crippen LogP contribution in [0.5, 0.6) is 11.5 Å². The minimum absolute atomic E-state index is 0.0272. The third kappa shape index (κ3) is 5.40. The molecule has 1 fully saturated rings. The summed E-state index contributed by atoms with van der Waals surface area (Å²) >= 11 is 5.87. The number of hydrogen-bond acceptors (Lipinski definition) is 6. The number of rotatable bonds is 7. The van der Waals surface area contributed by atoms with Crippen LogP contribution < -0.4 is 20.1 Å². The van der Waals surface area contributed by atoms with Crippen molar-refractivity contribution in [2.45, 2.75) is 17.7 Å². The summed E-state index contributed by atoms with van der Waals surface area (Å²) in [6, 6.07) is 8.90. The van der Waals surface area contributed by atoms with Crippen LogP contribution in [0, 0.1) is 5.92 Å². The standard InChI is InChI=1S/C22H26ClN3O6S/c1-24-22(28)17-11-19(31-2)20(32-3)12-18(17)25-21(27)14-5-4-10-26(13-14)33(29,30)16-8-6-15(23)7-9-16/h6-9,11-12,14H,4-5,10,13H2,1-3H3,(H,24,28)(H,25,27)/t14-/m1/s1. The first-order valence-electron chi connectivity index (χ1n) is 10.3. The topological polar surface area (TPSA) is 114 Å². The number of nitrogens with one attached hydrogen (secondary N) is 2. The summed E-state index contributed by atoms with van der Waals surface area (Å²) in [5.74, 6) is -0.709. The molecule has 178 valence electrons. The zero-order valence-corrected chi connectivity index (χ0v) is 20.1. The third-order valence-corrected chi connectivity index (χ3v) is 7.59. The van der Waals surface area contributed by atoms with Crippen LogP contribution in [-0.4, -0.2) is 58.9 Å². The van der Waals surface area contributed by atoms with Gasteiger partial charge < -0.3 is 20.1 Å². The Kier molecular flexibility index (Phi) is 7.83. The van der Waals surface area contributed by atoms with Crippen molar-refractivity contribution < 1.29 is 27.5 Å². The minimum Gasteiger partial charge on any atom is -0.493 e. The Labute approximate surface area is 198 Å². The molecule has 9 nitrogen and oxygen atoms in total. The monoisotopic (exact) mass is 495 g/mol. The van der Waals surface area contributed by atoms with Crippen LogP contribution in [0.15, 0.2) is 41.3 Å². The van der Waals surface area contributed by atoms with Gasteiger partial charge >= 0.3 is 0 Å². The van der Waals surface area contributed by atoms with E-state index in [-0.39, 0.29) is 28.6 Å². The van der Waals surface area contributed by atoms with Gasteiger partial charge in [-0.15, -0.1) is 0 Å². The van der Waals surface area contributed by atoms with Crippen LogP contribution in [0.1, 0.15) is 23.2 Å². The van der Waals surface area contributed by atoms with E-state index < -0.39 is 21.8 Å². The van der Waals surface area contributed by atoms with Crippen molar-refractivity contribution in [3.63, 3.8) is 0 Å². The first-order valence-corrected chi connectivity index (χ1v) is 12.1. The first-order chi connectivity index (χ1) is 15.7. The predicted molar refractivity (Wildman–Crippen MR) is 125 cm³/mol. The average molecular weight is 496 g/mol. The van der Waals surface area contributed by atoms with Gasteiger partial charge in [0.05, 0.1) is 36.3 Å². The Balaban J connectivity index is 1.83. The number of amides is 2. The molecule has 1 atom stereocenters. The normalized spacial score (nSPS) is 16.7. The molecule has 0 aliphatic carbocycles. The summed E-state index contributed by atoms with van der Waals surface area (Å²) in [7, 11) is 0.602. The van der Waals surface area contributed by atoms with Crippen molar-refractivity contribution in [3.8, 4) is 11.5 Å². The number of hydrogen-bond donors (Lipinski definition) is 2. The SMILES string of the molecule is CNC(=O)c1cc(OC)c(OC)cc1NC(=O)[C@@H]1CCCN(S(=O)(=O)c2ccc(Cl)cc2)C1. The maximum absolute atomic E-state index is 13.1. The predicted octanol–water partition coefficient (Wildman–Crippen LogP) is 2.76. The number of sulfonamides is 1. The summed E-state index contributed by atoms with van der Waals surface area (Å²) in [5.41, 5.74) is 0.444. The fraction of sp³-hybridized carbons (Fsp3) is 0.364. The quantitative estimate of drug-likeness (QED) is 0.610. The highest BCUT2D eigenvalue weighted by Gasteiger charge is 2.34. The molecule has 11 heteroatoms. The number of carbonyl (C=O) groups is 2. The molecule has 1 aliphatic heterocycles. The number of nitrogens with zero attached hydrogens (tertiary/aromatic N) is 1. The van der Waals surface area contributed by atoms with Crippen LogP contribution in [0.2, 0.25) is 5.02 Å². The van der Waals surface area contributed by atoms with Gasteiger partial charge in [-0.2, -0.15) is 4.31 Å². The highest BCUT2D eigenvalue weighted by molar-refractivity contribution is 7.89. The van der Waals surface area contributed by atoms with Crippen molar-refractivity contribution in [1.82, 2.24) is 9.62 Å². The van der Waals surface area contributed by atoms with Crippen molar-refractivity contribution in [2.24, 2.45) is 5.92 Å². The van der Waals surface area contributed by atoms with Crippen LogP contribution in [0.25, 0.3) is 0 Å². The van der Waals surface area contributed by atoms with Gasteiger partial charge in [0.25, 0.3) is 5.91 Å². The van der Waals surface area contributed by atoms with Crippen molar-refractivity contribution >= 4 is 39.1 Å². The molecule has 0 saturated carbocycles. The fourth-order valence-electron chi connectivity index (χ4n) is 3.67.